The summed E-state index contributed by atoms with van der Waals surface area (Å²) >= 11 is 0. The van der Waals surface area contributed by atoms with Crippen LogP contribution in [0.2, 0.25) is 0 Å². The molecule has 5 heteroatoms. The fraction of sp³-hybridized carbons (Fsp3) is 0.969. The lowest BCUT2D eigenvalue weighted by molar-refractivity contribution is -0.411. The molecular weight excluding hydrogens is 462 g/mol. The Bertz CT molecular complexity index is 672. The number of rotatable bonds is 16. The molecule has 4 aliphatic rings. The van der Waals surface area contributed by atoms with E-state index in [0.717, 1.165) is 56.3 Å². The molecule has 4 rings (SSSR count). The van der Waals surface area contributed by atoms with E-state index in [2.05, 4.69) is 59.4 Å². The van der Waals surface area contributed by atoms with Crippen molar-refractivity contribution in [1.82, 2.24) is 0 Å². The minimum atomic E-state index is -0.318. The smallest absolute Gasteiger partial charge is 0.233 e. The van der Waals surface area contributed by atoms with E-state index in [4.69, 9.17) is 19.6 Å². The Balaban J connectivity index is 0.000000394. The van der Waals surface area contributed by atoms with Gasteiger partial charge in [-0.1, -0.05) is 84.4 Å². The van der Waals surface area contributed by atoms with Crippen LogP contribution in [-0.2, 0) is 19.6 Å². The van der Waals surface area contributed by atoms with Crippen LogP contribution in [0.4, 0.5) is 0 Å². The van der Waals surface area contributed by atoms with E-state index in [-0.39, 0.29) is 17.3 Å². The maximum absolute atomic E-state index is 5.72. The molecule has 0 N–H and O–H groups in total. The van der Waals surface area contributed by atoms with Crippen molar-refractivity contribution in [3.05, 3.63) is 4.85 Å². The monoisotopic (exact) mass is 522 g/mol. The van der Waals surface area contributed by atoms with Crippen LogP contribution in [-0.4, -0.2) is 30.5 Å². The normalized spacial score (nSPS) is 28.7. The van der Waals surface area contributed by atoms with Crippen molar-refractivity contribution in [3.8, 4) is 6.07 Å². The third-order valence-corrected chi connectivity index (χ3v) is 8.23. The van der Waals surface area contributed by atoms with Gasteiger partial charge in [0.15, 0.2) is 6.10 Å². The zero-order chi connectivity index (χ0) is 27.5. The van der Waals surface area contributed by atoms with Gasteiger partial charge in [0, 0.05) is 0 Å². The summed E-state index contributed by atoms with van der Waals surface area (Å²) in [4.78, 5) is 27.0. The van der Waals surface area contributed by atoms with Crippen LogP contribution in [0.1, 0.15) is 133 Å². The molecular formula is C32H60NO4+. The highest BCUT2D eigenvalue weighted by Gasteiger charge is 2.67. The number of hydrogen-bond donors (Lipinski definition) is 0. The summed E-state index contributed by atoms with van der Waals surface area (Å²) in [6.07, 6.45) is 13.2. The first-order chi connectivity index (χ1) is 17.6. The van der Waals surface area contributed by atoms with Crippen LogP contribution in [0.3, 0.4) is 0 Å². The predicted molar refractivity (Wildman–Crippen MR) is 153 cm³/mol. The molecule has 0 bridgehead atoms. The maximum Gasteiger partial charge on any atom is 0.294 e. The Hall–Kier alpha value is -0.670. The Labute approximate surface area is 229 Å². The zero-order valence-electron chi connectivity index (χ0n) is 25.8. The van der Waals surface area contributed by atoms with E-state index in [0.29, 0.717) is 19.1 Å². The third-order valence-electron chi connectivity index (χ3n) is 8.23. The van der Waals surface area contributed by atoms with Crippen LogP contribution in [0.5, 0.6) is 0 Å². The zero-order valence-corrected chi connectivity index (χ0v) is 25.8. The average molecular weight is 523 g/mol. The summed E-state index contributed by atoms with van der Waals surface area (Å²) < 4.78 is 0. The second kappa shape index (κ2) is 15.8. The van der Waals surface area contributed by atoms with Crippen LogP contribution < -0.4 is 0 Å². The fourth-order valence-electron chi connectivity index (χ4n) is 4.56. The highest BCUT2D eigenvalue weighted by atomic mass is 17.2. The van der Waals surface area contributed by atoms with Gasteiger partial charge in [0.25, 0.3) is 12.6 Å². The van der Waals surface area contributed by atoms with E-state index in [1.807, 2.05) is 13.8 Å². The molecule has 0 heterocycles. The van der Waals surface area contributed by atoms with Gasteiger partial charge in [-0.15, -0.1) is 0 Å². The lowest BCUT2D eigenvalue weighted by Gasteiger charge is -2.26. The molecule has 37 heavy (non-hydrogen) atoms. The maximum atomic E-state index is 5.72. The topological polar surface area (TPSA) is 41.3 Å². The highest BCUT2D eigenvalue weighted by Crippen LogP contribution is 2.68. The molecule has 0 aromatic carbocycles. The first-order valence-electron chi connectivity index (χ1n) is 15.7. The number of nitrogens with zero attached hydrogens (tertiary/aromatic N) is 1. The van der Waals surface area contributed by atoms with E-state index in [1.165, 1.54) is 37.5 Å². The van der Waals surface area contributed by atoms with Crippen molar-refractivity contribution in [2.75, 3.05) is 13.2 Å². The van der Waals surface area contributed by atoms with Gasteiger partial charge in [-0.2, -0.15) is 0 Å². The first kappa shape index (κ1) is 32.5. The van der Waals surface area contributed by atoms with Gasteiger partial charge in [0.2, 0.25) is 0 Å². The Morgan fingerprint density at radius 3 is 1.62 bits per heavy atom. The molecule has 0 aromatic rings. The van der Waals surface area contributed by atoms with Crippen molar-refractivity contribution in [1.29, 1.82) is 0 Å². The van der Waals surface area contributed by atoms with Crippen LogP contribution in [0.15, 0.2) is 0 Å². The summed E-state index contributed by atoms with van der Waals surface area (Å²) in [6, 6.07) is 3.25. The van der Waals surface area contributed by atoms with Crippen molar-refractivity contribution in [3.63, 3.8) is 0 Å². The SMILES string of the molecule is CC1C2CC12.CCCCC.CCCCC(C)(C)OOCC(C[N+]#CC1C2CC12)OOC(C)(C)CCCC. The van der Waals surface area contributed by atoms with Gasteiger partial charge in [-0.05, 0) is 83.0 Å². The molecule has 0 spiro atoms. The third kappa shape index (κ3) is 13.3. The summed E-state index contributed by atoms with van der Waals surface area (Å²) in [5, 5.41) is 0. The number of hydrogen-bond acceptors (Lipinski definition) is 4. The van der Waals surface area contributed by atoms with Crippen LogP contribution in [0.25, 0.3) is 4.85 Å². The van der Waals surface area contributed by atoms with E-state index < -0.39 is 0 Å². The summed E-state index contributed by atoms with van der Waals surface area (Å²) in [5.74, 6) is 5.92. The van der Waals surface area contributed by atoms with Gasteiger partial charge in [0.1, 0.15) is 6.61 Å². The lowest BCUT2D eigenvalue weighted by Crippen LogP contribution is -2.33. The van der Waals surface area contributed by atoms with Gasteiger partial charge < -0.3 is 0 Å². The van der Waals surface area contributed by atoms with Gasteiger partial charge in [0.05, 0.1) is 17.1 Å². The Morgan fingerprint density at radius 1 is 0.757 bits per heavy atom. The van der Waals surface area contributed by atoms with Crippen molar-refractivity contribution >= 4 is 0 Å². The molecule has 5 nitrogen and oxygen atoms in total. The first-order valence-corrected chi connectivity index (χ1v) is 15.7. The van der Waals surface area contributed by atoms with Gasteiger partial charge in [-0.25, -0.2) is 19.6 Å². The number of fused-ring (bicyclic) bond motifs is 2. The van der Waals surface area contributed by atoms with E-state index in [1.54, 1.807) is 6.42 Å². The molecule has 4 aliphatic carbocycles. The largest absolute Gasteiger partial charge is 0.294 e. The molecule has 0 saturated heterocycles. The Kier molecular flexibility index (Phi) is 13.9. The average Bonchev–Trinajstić information content (AvgIpc) is 3.68. The van der Waals surface area contributed by atoms with Crippen molar-refractivity contribution < 1.29 is 19.6 Å². The van der Waals surface area contributed by atoms with Crippen LogP contribution >= 0.6 is 0 Å². The summed E-state index contributed by atoms with van der Waals surface area (Å²) in [7, 11) is 0. The number of unbranched alkanes of at least 4 members (excludes halogenated alkanes) is 4. The highest BCUT2D eigenvalue weighted by molar-refractivity contribution is 5.23. The van der Waals surface area contributed by atoms with Gasteiger partial charge in [-0.3, -0.25) is 0 Å². The lowest BCUT2D eigenvalue weighted by atomic mass is 10.0. The van der Waals surface area contributed by atoms with Crippen molar-refractivity contribution in [2.24, 2.45) is 35.5 Å². The van der Waals surface area contributed by atoms with Crippen molar-refractivity contribution in [2.45, 2.75) is 150 Å². The second-order valence-corrected chi connectivity index (χ2v) is 13.2. The molecule has 0 aromatic heterocycles. The molecule has 5 unspecified atom stereocenters. The molecule has 0 amide bonds. The van der Waals surface area contributed by atoms with E-state index >= 15 is 0 Å². The minimum Gasteiger partial charge on any atom is -0.233 e. The van der Waals surface area contributed by atoms with E-state index in [9.17, 15) is 0 Å². The molecule has 216 valence electrons. The molecule has 4 fully saturated rings. The molecule has 5 atom stereocenters. The van der Waals surface area contributed by atoms with Gasteiger partial charge >= 0.3 is 0 Å². The second-order valence-electron chi connectivity index (χ2n) is 13.2. The summed E-state index contributed by atoms with van der Waals surface area (Å²) in [6.45, 7) is 20.1. The quantitative estimate of drug-likeness (QED) is 0.150. The molecule has 4 saturated carbocycles. The van der Waals surface area contributed by atoms with Crippen LogP contribution in [0, 0.1) is 41.6 Å². The predicted octanol–water partition coefficient (Wildman–Crippen LogP) is 9.26. The standard InChI is InChI=1S/C22H40NO4.C5H8.C5H12/c1-7-9-11-21(3,4)26-24-16-17(14-23-15-20-18-13-19(18)20)25-27-22(5,6)12-10-8-2;1-3-4-2-5(3)4;1-3-5-4-2/h17-20H,7-14,16H2,1-6H3;3-5H,2H2,1H3;3-5H2,1-2H3/q+1;;. The fourth-order valence-corrected chi connectivity index (χ4v) is 4.56. The molecule has 0 radical (unpaired) electrons. The minimum absolute atomic E-state index is 0.294. The molecule has 0 aliphatic heterocycles. The Morgan fingerprint density at radius 2 is 1.24 bits per heavy atom. The summed E-state index contributed by atoms with van der Waals surface area (Å²) in [5.41, 5.74) is -0.618.